The molecule has 3 aromatic rings. The molecule has 2 N–H and O–H groups in total. The maximum Gasteiger partial charge on any atom is 0.273 e. The standard InChI is InChI=1S/C18H17N3O4S/c22-18(16-13-17(25-20-16)14-7-3-1-4-8-14)19-11-12-26(23,24)21-15-9-5-2-6-10-15/h1-10,13,21H,11-12H2,(H,19,22). The van der Waals surface area contributed by atoms with Crippen LogP contribution in [-0.4, -0.2) is 31.8 Å². The highest BCUT2D eigenvalue weighted by Gasteiger charge is 2.15. The van der Waals surface area contributed by atoms with Gasteiger partial charge in [-0.3, -0.25) is 9.52 Å². The van der Waals surface area contributed by atoms with Crippen LogP contribution in [0.1, 0.15) is 10.5 Å². The number of nitrogens with one attached hydrogen (secondary N) is 2. The van der Waals surface area contributed by atoms with E-state index in [1.165, 1.54) is 6.07 Å². The first-order valence-corrected chi connectivity index (χ1v) is 9.55. The summed E-state index contributed by atoms with van der Waals surface area (Å²) in [6.45, 7) is -0.0471. The molecule has 0 saturated heterocycles. The topological polar surface area (TPSA) is 101 Å². The molecule has 2 aromatic carbocycles. The van der Waals surface area contributed by atoms with Gasteiger partial charge in [0, 0.05) is 23.9 Å². The molecule has 26 heavy (non-hydrogen) atoms. The number of benzene rings is 2. The van der Waals surface area contributed by atoms with Gasteiger partial charge in [0.1, 0.15) is 0 Å². The van der Waals surface area contributed by atoms with Crippen molar-refractivity contribution in [2.24, 2.45) is 0 Å². The van der Waals surface area contributed by atoms with E-state index in [-0.39, 0.29) is 18.0 Å². The Balaban J connectivity index is 1.54. The Morgan fingerprint density at radius 1 is 1.00 bits per heavy atom. The Labute approximate surface area is 151 Å². The van der Waals surface area contributed by atoms with Crippen molar-refractivity contribution in [2.75, 3.05) is 17.0 Å². The molecular formula is C18H17N3O4S. The molecule has 7 nitrogen and oxygen atoms in total. The van der Waals surface area contributed by atoms with E-state index in [0.717, 1.165) is 5.56 Å². The fraction of sp³-hybridized carbons (Fsp3) is 0.111. The molecule has 0 bridgehead atoms. The minimum Gasteiger partial charge on any atom is -0.355 e. The second-order valence-corrected chi connectivity index (χ2v) is 7.33. The Kier molecular flexibility index (Phi) is 5.33. The minimum atomic E-state index is -3.56. The number of rotatable bonds is 7. The predicted molar refractivity (Wildman–Crippen MR) is 98.1 cm³/mol. The lowest BCUT2D eigenvalue weighted by Gasteiger charge is -2.08. The predicted octanol–water partition coefficient (Wildman–Crippen LogP) is 2.51. The molecule has 134 valence electrons. The number of hydrogen-bond donors (Lipinski definition) is 2. The van der Waals surface area contributed by atoms with Gasteiger partial charge in [-0.05, 0) is 12.1 Å². The van der Waals surface area contributed by atoms with E-state index in [9.17, 15) is 13.2 Å². The van der Waals surface area contributed by atoms with Crippen LogP contribution in [0.3, 0.4) is 0 Å². The number of anilines is 1. The van der Waals surface area contributed by atoms with E-state index >= 15 is 0 Å². The van der Waals surface area contributed by atoms with Gasteiger partial charge >= 0.3 is 0 Å². The molecule has 1 heterocycles. The van der Waals surface area contributed by atoms with Gasteiger partial charge in [0.2, 0.25) is 10.0 Å². The third kappa shape index (κ3) is 4.70. The van der Waals surface area contributed by atoms with Crippen molar-refractivity contribution < 1.29 is 17.7 Å². The van der Waals surface area contributed by atoms with Gasteiger partial charge in [-0.25, -0.2) is 8.42 Å². The summed E-state index contributed by atoms with van der Waals surface area (Å²) in [6.07, 6.45) is 0. The summed E-state index contributed by atoms with van der Waals surface area (Å²) in [5.41, 5.74) is 1.37. The molecule has 0 aliphatic rings. The average molecular weight is 371 g/mol. The van der Waals surface area contributed by atoms with Crippen LogP contribution in [0.4, 0.5) is 5.69 Å². The molecule has 0 aliphatic carbocycles. The van der Waals surface area contributed by atoms with E-state index < -0.39 is 15.9 Å². The highest BCUT2D eigenvalue weighted by atomic mass is 32.2. The van der Waals surface area contributed by atoms with Crippen molar-refractivity contribution in [1.29, 1.82) is 0 Å². The van der Waals surface area contributed by atoms with Crippen molar-refractivity contribution in [3.63, 3.8) is 0 Å². The molecule has 3 rings (SSSR count). The van der Waals surface area contributed by atoms with Crippen LogP contribution in [-0.2, 0) is 10.0 Å². The number of para-hydroxylation sites is 1. The average Bonchev–Trinajstić information content (AvgIpc) is 3.13. The maximum atomic E-state index is 12.1. The quantitative estimate of drug-likeness (QED) is 0.664. The van der Waals surface area contributed by atoms with E-state index in [2.05, 4.69) is 15.2 Å². The van der Waals surface area contributed by atoms with Crippen LogP contribution in [0.25, 0.3) is 11.3 Å². The van der Waals surface area contributed by atoms with Crippen molar-refractivity contribution in [2.45, 2.75) is 0 Å². The van der Waals surface area contributed by atoms with E-state index in [1.54, 1.807) is 30.3 Å². The maximum absolute atomic E-state index is 12.1. The zero-order chi connectivity index (χ0) is 18.4. The summed E-state index contributed by atoms with van der Waals surface area (Å²) >= 11 is 0. The third-order valence-electron chi connectivity index (χ3n) is 3.50. The first-order valence-electron chi connectivity index (χ1n) is 7.89. The lowest BCUT2D eigenvalue weighted by Crippen LogP contribution is -2.31. The summed E-state index contributed by atoms with van der Waals surface area (Å²) in [4.78, 5) is 12.1. The zero-order valence-electron chi connectivity index (χ0n) is 13.8. The number of nitrogens with zero attached hydrogens (tertiary/aromatic N) is 1. The van der Waals surface area contributed by atoms with Crippen molar-refractivity contribution in [3.05, 3.63) is 72.4 Å². The van der Waals surface area contributed by atoms with Crippen LogP contribution in [0.15, 0.2) is 71.3 Å². The van der Waals surface area contributed by atoms with E-state index in [0.29, 0.717) is 11.4 Å². The molecule has 0 spiro atoms. The Morgan fingerprint density at radius 3 is 2.35 bits per heavy atom. The van der Waals surface area contributed by atoms with Gasteiger partial charge in [0.05, 0.1) is 5.75 Å². The molecule has 0 unspecified atom stereocenters. The Morgan fingerprint density at radius 2 is 1.65 bits per heavy atom. The molecule has 0 saturated carbocycles. The SMILES string of the molecule is O=C(NCCS(=O)(=O)Nc1ccccc1)c1cc(-c2ccccc2)on1. The molecule has 0 aliphatic heterocycles. The lowest BCUT2D eigenvalue weighted by molar-refractivity contribution is 0.0947. The first-order chi connectivity index (χ1) is 12.5. The summed E-state index contributed by atoms with van der Waals surface area (Å²) in [5, 5.41) is 6.25. The number of carbonyl (C=O) groups excluding carboxylic acids is 1. The lowest BCUT2D eigenvalue weighted by atomic mass is 10.1. The Hall–Kier alpha value is -3.13. The van der Waals surface area contributed by atoms with E-state index in [4.69, 9.17) is 4.52 Å². The summed E-state index contributed by atoms with van der Waals surface area (Å²) in [6, 6.07) is 19.3. The number of sulfonamides is 1. The molecule has 8 heteroatoms. The molecule has 1 aromatic heterocycles. The highest BCUT2D eigenvalue weighted by Crippen LogP contribution is 2.19. The monoisotopic (exact) mass is 371 g/mol. The van der Waals surface area contributed by atoms with Gasteiger partial charge in [-0.15, -0.1) is 0 Å². The number of aromatic nitrogens is 1. The van der Waals surface area contributed by atoms with Crippen molar-refractivity contribution in [3.8, 4) is 11.3 Å². The van der Waals surface area contributed by atoms with Crippen LogP contribution in [0.2, 0.25) is 0 Å². The Bertz CT molecular complexity index is 970. The van der Waals surface area contributed by atoms with Gasteiger partial charge in [-0.2, -0.15) is 0 Å². The fourth-order valence-corrected chi connectivity index (χ4v) is 3.22. The van der Waals surface area contributed by atoms with Crippen LogP contribution < -0.4 is 10.0 Å². The largest absolute Gasteiger partial charge is 0.355 e. The minimum absolute atomic E-state index is 0.0471. The number of hydrogen-bond acceptors (Lipinski definition) is 5. The highest BCUT2D eigenvalue weighted by molar-refractivity contribution is 7.92. The van der Waals surface area contributed by atoms with Crippen LogP contribution in [0.5, 0.6) is 0 Å². The molecule has 0 fully saturated rings. The first kappa shape index (κ1) is 17.7. The molecule has 1 amide bonds. The van der Waals surface area contributed by atoms with Gasteiger partial charge in [-0.1, -0.05) is 53.7 Å². The second kappa shape index (κ2) is 7.83. The normalized spacial score (nSPS) is 11.1. The van der Waals surface area contributed by atoms with E-state index in [1.807, 2.05) is 30.3 Å². The van der Waals surface area contributed by atoms with Crippen molar-refractivity contribution in [1.82, 2.24) is 10.5 Å². The summed E-state index contributed by atoms with van der Waals surface area (Å²) < 4.78 is 31.6. The van der Waals surface area contributed by atoms with Crippen LogP contribution >= 0.6 is 0 Å². The second-order valence-electron chi connectivity index (χ2n) is 5.49. The zero-order valence-corrected chi connectivity index (χ0v) is 14.6. The van der Waals surface area contributed by atoms with Gasteiger partial charge < -0.3 is 9.84 Å². The van der Waals surface area contributed by atoms with Crippen molar-refractivity contribution >= 4 is 21.6 Å². The summed E-state index contributed by atoms with van der Waals surface area (Å²) in [7, 11) is -3.56. The summed E-state index contributed by atoms with van der Waals surface area (Å²) in [5.74, 6) is -0.281. The number of carbonyl (C=O) groups is 1. The fourth-order valence-electron chi connectivity index (χ4n) is 2.25. The smallest absolute Gasteiger partial charge is 0.273 e. The molecule has 0 atom stereocenters. The van der Waals surface area contributed by atoms with Gasteiger partial charge in [0.15, 0.2) is 11.5 Å². The molecule has 0 radical (unpaired) electrons. The number of amides is 1. The third-order valence-corrected chi connectivity index (χ3v) is 4.79. The van der Waals surface area contributed by atoms with Crippen LogP contribution in [0, 0.1) is 0 Å². The van der Waals surface area contributed by atoms with Gasteiger partial charge in [0.25, 0.3) is 5.91 Å². The molecular weight excluding hydrogens is 354 g/mol.